The van der Waals surface area contributed by atoms with E-state index in [1.807, 2.05) is 0 Å². The predicted octanol–water partition coefficient (Wildman–Crippen LogP) is 2.21. The van der Waals surface area contributed by atoms with Crippen LogP contribution < -0.4 is 0 Å². The number of hydrogen-bond donors (Lipinski definition) is 0. The Morgan fingerprint density at radius 1 is 1.58 bits per heavy atom. The van der Waals surface area contributed by atoms with Gasteiger partial charge in [0.05, 0.1) is 6.61 Å². The normalized spacial score (nSPS) is 31.2. The van der Waals surface area contributed by atoms with Gasteiger partial charge in [-0.2, -0.15) is 0 Å². The summed E-state index contributed by atoms with van der Waals surface area (Å²) in [4.78, 5) is 0. The maximum absolute atomic E-state index is 12.7. The molecule has 1 nitrogen and oxygen atoms in total. The fourth-order valence-electron chi connectivity index (χ4n) is 1.26. The maximum atomic E-state index is 12.7. The molecule has 0 aromatic heterocycles. The number of hydrogen-bond acceptors (Lipinski definition) is 1. The molecule has 0 aromatic carbocycles. The number of ether oxygens (including phenoxy) is 1. The largest absolute Gasteiger partial charge is 0.368 e. The molecular weight excluding hydrogens is 162 g/mol. The summed E-state index contributed by atoms with van der Waals surface area (Å²) in [5.74, 6) is -0.279. The van der Waals surface area contributed by atoms with Crippen molar-refractivity contribution in [3.8, 4) is 12.3 Å². The first-order chi connectivity index (χ1) is 5.58. The number of rotatable bonds is 4. The number of alkyl halides is 2. The van der Waals surface area contributed by atoms with E-state index < -0.39 is 11.5 Å². The lowest BCUT2D eigenvalue weighted by atomic mass is 10.2. The van der Waals surface area contributed by atoms with Gasteiger partial charge < -0.3 is 4.74 Å². The Kier molecular flexibility index (Phi) is 2.39. The van der Waals surface area contributed by atoms with Gasteiger partial charge in [0.2, 0.25) is 0 Å². The van der Waals surface area contributed by atoms with Crippen LogP contribution in [0, 0.1) is 12.3 Å². The van der Waals surface area contributed by atoms with Gasteiger partial charge in [0.1, 0.15) is 5.60 Å². The summed E-state index contributed by atoms with van der Waals surface area (Å²) in [5.41, 5.74) is -1.19. The molecule has 0 aliphatic heterocycles. The molecule has 68 valence electrons. The Labute approximate surface area is 71.1 Å². The molecule has 0 N–H and O–H groups in total. The van der Waals surface area contributed by atoms with Crippen molar-refractivity contribution in [1.29, 1.82) is 0 Å². The molecule has 1 fully saturated rings. The lowest BCUT2D eigenvalue weighted by molar-refractivity contribution is -0.0554. The monoisotopic (exact) mass is 174 g/mol. The fourth-order valence-corrected chi connectivity index (χ4v) is 1.26. The molecule has 1 atom stereocenters. The summed E-state index contributed by atoms with van der Waals surface area (Å²) >= 11 is 0. The first-order valence-corrected chi connectivity index (χ1v) is 4.03. The minimum atomic E-state index is -2.63. The maximum Gasteiger partial charge on any atom is 0.279 e. The summed E-state index contributed by atoms with van der Waals surface area (Å²) in [6.07, 6.45) is 5.57. The molecule has 0 amide bonds. The van der Waals surface area contributed by atoms with E-state index >= 15 is 0 Å². The first kappa shape index (κ1) is 9.47. The summed E-state index contributed by atoms with van der Waals surface area (Å²) in [5, 5.41) is 0. The molecule has 1 rings (SSSR count). The molecule has 0 radical (unpaired) electrons. The van der Waals surface area contributed by atoms with E-state index in [2.05, 4.69) is 5.92 Å². The molecular formula is C9H12F2O. The van der Waals surface area contributed by atoms with Crippen molar-refractivity contribution < 1.29 is 13.5 Å². The quantitative estimate of drug-likeness (QED) is 0.469. The summed E-state index contributed by atoms with van der Waals surface area (Å²) in [6, 6.07) is 0. The van der Waals surface area contributed by atoms with Crippen molar-refractivity contribution >= 4 is 0 Å². The summed E-state index contributed by atoms with van der Waals surface area (Å²) in [6.45, 7) is 1.94. The molecule has 0 spiro atoms. The highest BCUT2D eigenvalue weighted by molar-refractivity contribution is 5.12. The van der Waals surface area contributed by atoms with Gasteiger partial charge in [0.15, 0.2) is 0 Å². The van der Waals surface area contributed by atoms with Crippen LogP contribution in [0.25, 0.3) is 0 Å². The fraction of sp³-hybridized carbons (Fsp3) is 0.778. The molecule has 0 heterocycles. The van der Waals surface area contributed by atoms with Crippen molar-refractivity contribution in [3.05, 3.63) is 0 Å². The molecule has 12 heavy (non-hydrogen) atoms. The van der Waals surface area contributed by atoms with Gasteiger partial charge >= 0.3 is 0 Å². The first-order valence-electron chi connectivity index (χ1n) is 4.03. The van der Waals surface area contributed by atoms with Crippen LogP contribution in [-0.2, 0) is 4.74 Å². The van der Waals surface area contributed by atoms with Gasteiger partial charge in [0.25, 0.3) is 5.92 Å². The molecule has 0 saturated heterocycles. The molecule has 0 bridgehead atoms. The van der Waals surface area contributed by atoms with E-state index in [0.29, 0.717) is 12.8 Å². The van der Waals surface area contributed by atoms with E-state index in [1.54, 1.807) is 6.92 Å². The van der Waals surface area contributed by atoms with Crippen molar-refractivity contribution in [2.24, 2.45) is 0 Å². The third kappa shape index (κ3) is 1.44. The van der Waals surface area contributed by atoms with Crippen LogP contribution in [0.15, 0.2) is 0 Å². The molecule has 1 saturated carbocycles. The van der Waals surface area contributed by atoms with Crippen LogP contribution in [-0.4, -0.2) is 18.1 Å². The highest BCUT2D eigenvalue weighted by Gasteiger charge is 2.71. The van der Waals surface area contributed by atoms with Crippen LogP contribution >= 0.6 is 0 Å². The molecule has 1 aliphatic carbocycles. The SMILES string of the molecule is C#CCCOC1(CC)CC1(F)F. The van der Waals surface area contributed by atoms with Gasteiger partial charge in [-0.15, -0.1) is 12.3 Å². The lowest BCUT2D eigenvalue weighted by Gasteiger charge is -2.13. The highest BCUT2D eigenvalue weighted by Crippen LogP contribution is 2.57. The zero-order valence-corrected chi connectivity index (χ0v) is 7.07. The van der Waals surface area contributed by atoms with Gasteiger partial charge in [-0.3, -0.25) is 0 Å². The Hall–Kier alpha value is -0.620. The van der Waals surface area contributed by atoms with Gasteiger partial charge in [-0.25, -0.2) is 8.78 Å². The minimum absolute atomic E-state index is 0.152. The topological polar surface area (TPSA) is 9.23 Å². The minimum Gasteiger partial charge on any atom is -0.368 e. The van der Waals surface area contributed by atoms with E-state index in [9.17, 15) is 8.78 Å². The van der Waals surface area contributed by atoms with Crippen molar-refractivity contribution in [3.63, 3.8) is 0 Å². The molecule has 0 aromatic rings. The van der Waals surface area contributed by atoms with E-state index in [-0.39, 0.29) is 13.0 Å². The molecule has 3 heteroatoms. The molecule has 1 unspecified atom stereocenters. The van der Waals surface area contributed by atoms with Crippen LogP contribution in [0.2, 0.25) is 0 Å². The van der Waals surface area contributed by atoms with Gasteiger partial charge in [-0.1, -0.05) is 6.92 Å². The Bertz CT molecular complexity index is 207. The smallest absolute Gasteiger partial charge is 0.279 e. The standard InChI is InChI=1S/C9H12F2O/c1-3-5-6-12-8(4-2)7-9(8,10)11/h1H,4-7H2,2H3. The zero-order chi connectivity index (χ0) is 9.24. The summed E-state index contributed by atoms with van der Waals surface area (Å²) < 4.78 is 30.5. The Balaban J connectivity index is 2.36. The van der Waals surface area contributed by atoms with E-state index in [0.717, 1.165) is 0 Å². The van der Waals surface area contributed by atoms with Crippen LogP contribution in [0.5, 0.6) is 0 Å². The number of halogens is 2. The van der Waals surface area contributed by atoms with Crippen LogP contribution in [0.1, 0.15) is 26.2 Å². The third-order valence-corrected chi connectivity index (χ3v) is 2.25. The second-order valence-electron chi connectivity index (χ2n) is 3.03. The van der Waals surface area contributed by atoms with Crippen LogP contribution in [0.3, 0.4) is 0 Å². The molecule has 1 aliphatic rings. The van der Waals surface area contributed by atoms with Gasteiger partial charge in [-0.05, 0) is 6.42 Å². The van der Waals surface area contributed by atoms with E-state index in [4.69, 9.17) is 11.2 Å². The second-order valence-corrected chi connectivity index (χ2v) is 3.03. The zero-order valence-electron chi connectivity index (χ0n) is 7.07. The Morgan fingerprint density at radius 2 is 2.17 bits per heavy atom. The predicted molar refractivity (Wildman–Crippen MR) is 42.0 cm³/mol. The second kappa shape index (κ2) is 3.02. The number of terminal acetylenes is 1. The average molecular weight is 174 g/mol. The van der Waals surface area contributed by atoms with Crippen molar-refractivity contribution in [1.82, 2.24) is 0 Å². The van der Waals surface area contributed by atoms with Crippen molar-refractivity contribution in [2.45, 2.75) is 37.7 Å². The van der Waals surface area contributed by atoms with Gasteiger partial charge in [0, 0.05) is 12.8 Å². The van der Waals surface area contributed by atoms with E-state index in [1.165, 1.54) is 0 Å². The average Bonchev–Trinajstić information content (AvgIpc) is 2.55. The lowest BCUT2D eigenvalue weighted by Crippen LogP contribution is -2.22. The van der Waals surface area contributed by atoms with Crippen LogP contribution in [0.4, 0.5) is 8.78 Å². The van der Waals surface area contributed by atoms with Crippen molar-refractivity contribution in [2.75, 3.05) is 6.61 Å². The highest BCUT2D eigenvalue weighted by atomic mass is 19.3. The third-order valence-electron chi connectivity index (χ3n) is 2.25. The Morgan fingerprint density at radius 3 is 2.50 bits per heavy atom. The summed E-state index contributed by atoms with van der Waals surface area (Å²) in [7, 11) is 0.